The summed E-state index contributed by atoms with van der Waals surface area (Å²) < 4.78 is 0. The van der Waals surface area contributed by atoms with Crippen LogP contribution in [0.1, 0.15) is 31.4 Å². The second-order valence-corrected chi connectivity index (χ2v) is 7.13. The first-order valence-electron chi connectivity index (χ1n) is 8.79. The molecule has 1 aromatic rings. The van der Waals surface area contributed by atoms with Gasteiger partial charge >= 0.3 is 0 Å². The zero-order valence-corrected chi connectivity index (χ0v) is 16.6. The third-order valence-corrected chi connectivity index (χ3v) is 4.96. The van der Waals surface area contributed by atoms with Crippen molar-refractivity contribution >= 4 is 35.0 Å². The van der Waals surface area contributed by atoms with E-state index in [1.54, 1.807) is 14.7 Å². The predicted molar refractivity (Wildman–Crippen MR) is 102 cm³/mol. The first-order valence-corrected chi connectivity index (χ1v) is 9.16. The van der Waals surface area contributed by atoms with Crippen LogP contribution in [0.25, 0.3) is 0 Å². The second kappa shape index (κ2) is 8.54. The van der Waals surface area contributed by atoms with Gasteiger partial charge < -0.3 is 14.7 Å². The molecule has 0 bridgehead atoms. The minimum Gasteiger partial charge on any atom is -0.339 e. The summed E-state index contributed by atoms with van der Waals surface area (Å²) in [6, 6.07) is 3.79. The highest BCUT2D eigenvalue weighted by Crippen LogP contribution is 2.31. The Labute approximate surface area is 159 Å². The topological polar surface area (TPSA) is 60.9 Å². The fraction of sp³-hybridized carbons (Fsp3) is 0.526. The monoisotopic (exact) mass is 379 g/mol. The molecule has 0 atom stereocenters. The molecule has 142 valence electrons. The zero-order valence-electron chi connectivity index (χ0n) is 15.8. The van der Waals surface area contributed by atoms with Gasteiger partial charge in [-0.15, -0.1) is 0 Å². The van der Waals surface area contributed by atoms with Crippen LogP contribution in [0.15, 0.2) is 12.1 Å². The number of amides is 3. The maximum Gasteiger partial charge on any atom is 0.224 e. The third-order valence-electron chi connectivity index (χ3n) is 4.68. The number of halogens is 1. The van der Waals surface area contributed by atoms with E-state index in [0.717, 1.165) is 11.1 Å². The van der Waals surface area contributed by atoms with Crippen LogP contribution >= 0.6 is 11.6 Å². The van der Waals surface area contributed by atoms with Gasteiger partial charge in [0.2, 0.25) is 17.7 Å². The molecule has 0 aliphatic carbocycles. The van der Waals surface area contributed by atoms with Crippen molar-refractivity contribution in [2.75, 3.05) is 37.6 Å². The van der Waals surface area contributed by atoms with Crippen LogP contribution in [-0.4, -0.2) is 60.2 Å². The molecule has 1 aliphatic rings. The van der Waals surface area contributed by atoms with E-state index in [9.17, 15) is 14.4 Å². The molecule has 0 spiro atoms. The molecule has 1 fully saturated rings. The average Bonchev–Trinajstić information content (AvgIpc) is 2.56. The molecular weight excluding hydrogens is 354 g/mol. The first-order chi connectivity index (χ1) is 12.2. The number of anilines is 1. The lowest BCUT2D eigenvalue weighted by molar-refractivity contribution is -0.138. The van der Waals surface area contributed by atoms with E-state index in [1.807, 2.05) is 26.0 Å². The van der Waals surface area contributed by atoms with Crippen molar-refractivity contribution in [3.63, 3.8) is 0 Å². The Morgan fingerprint density at radius 2 is 1.62 bits per heavy atom. The fourth-order valence-electron chi connectivity index (χ4n) is 3.31. The molecule has 1 saturated heterocycles. The summed E-state index contributed by atoms with van der Waals surface area (Å²) in [4.78, 5) is 41.1. The summed E-state index contributed by atoms with van der Waals surface area (Å²) in [5, 5.41) is 0.514. The summed E-state index contributed by atoms with van der Waals surface area (Å²) in [6.45, 7) is 9.33. The minimum absolute atomic E-state index is 0.0136. The van der Waals surface area contributed by atoms with Crippen LogP contribution in [0, 0.1) is 13.8 Å². The summed E-state index contributed by atoms with van der Waals surface area (Å²) in [5.74, 6) is -0.127. The summed E-state index contributed by atoms with van der Waals surface area (Å²) >= 11 is 6.36. The normalized spacial score (nSPS) is 14.3. The molecule has 1 aromatic carbocycles. The Morgan fingerprint density at radius 3 is 2.12 bits per heavy atom. The van der Waals surface area contributed by atoms with Crippen LogP contribution < -0.4 is 4.90 Å². The van der Waals surface area contributed by atoms with Crippen molar-refractivity contribution < 1.29 is 14.4 Å². The highest BCUT2D eigenvalue weighted by molar-refractivity contribution is 6.34. The molecule has 2 rings (SSSR count). The Hall–Kier alpha value is -2.08. The van der Waals surface area contributed by atoms with E-state index < -0.39 is 0 Å². The van der Waals surface area contributed by atoms with Crippen molar-refractivity contribution in [3.05, 3.63) is 28.3 Å². The molecule has 1 heterocycles. The van der Waals surface area contributed by atoms with E-state index in [4.69, 9.17) is 11.6 Å². The van der Waals surface area contributed by atoms with Gasteiger partial charge in [-0.3, -0.25) is 14.4 Å². The molecule has 6 nitrogen and oxygen atoms in total. The number of hydrogen-bond donors (Lipinski definition) is 0. The minimum atomic E-state index is -0.145. The van der Waals surface area contributed by atoms with Crippen LogP contribution in [0.4, 0.5) is 5.69 Å². The van der Waals surface area contributed by atoms with Crippen molar-refractivity contribution in [1.29, 1.82) is 0 Å². The molecule has 0 unspecified atom stereocenters. The van der Waals surface area contributed by atoms with Crippen molar-refractivity contribution in [2.45, 2.75) is 34.1 Å². The zero-order chi connectivity index (χ0) is 19.4. The number of hydrogen-bond acceptors (Lipinski definition) is 3. The van der Waals surface area contributed by atoms with Gasteiger partial charge in [0, 0.05) is 53.0 Å². The standard InChI is InChI=1S/C19H26ClN3O3/c1-13-11-14(2)19(17(20)12-13)23(16(4)25)6-5-18(26)22-9-7-21(8-10-22)15(3)24/h11-12H,5-10H2,1-4H3. The maximum absolute atomic E-state index is 12.5. The lowest BCUT2D eigenvalue weighted by Gasteiger charge is -2.34. The van der Waals surface area contributed by atoms with Crippen LogP contribution in [0.2, 0.25) is 5.02 Å². The number of carbonyl (C=O) groups is 3. The molecule has 1 aliphatic heterocycles. The van der Waals surface area contributed by atoms with Gasteiger partial charge in [0.15, 0.2) is 0 Å². The van der Waals surface area contributed by atoms with Gasteiger partial charge in [-0.05, 0) is 31.0 Å². The number of piperazine rings is 1. The lowest BCUT2D eigenvalue weighted by atomic mass is 10.1. The smallest absolute Gasteiger partial charge is 0.224 e. The first kappa shape index (κ1) is 20.2. The van der Waals surface area contributed by atoms with Crippen LogP contribution in [0.5, 0.6) is 0 Å². The van der Waals surface area contributed by atoms with Crippen LogP contribution in [-0.2, 0) is 14.4 Å². The molecule has 7 heteroatoms. The Morgan fingerprint density at radius 1 is 1.04 bits per heavy atom. The van der Waals surface area contributed by atoms with Crippen molar-refractivity contribution in [3.8, 4) is 0 Å². The van der Waals surface area contributed by atoms with Gasteiger partial charge in [-0.2, -0.15) is 0 Å². The highest BCUT2D eigenvalue weighted by atomic mass is 35.5. The van der Waals surface area contributed by atoms with Gasteiger partial charge in [0.05, 0.1) is 10.7 Å². The summed E-state index contributed by atoms with van der Waals surface area (Å²) in [7, 11) is 0. The average molecular weight is 380 g/mol. The Bertz CT molecular complexity index is 689. The largest absolute Gasteiger partial charge is 0.339 e. The molecule has 0 radical (unpaired) electrons. The summed E-state index contributed by atoms with van der Waals surface area (Å²) in [6.07, 6.45) is 0.225. The van der Waals surface area contributed by atoms with E-state index >= 15 is 0 Å². The number of benzene rings is 1. The molecule has 0 aromatic heterocycles. The fourth-order valence-corrected chi connectivity index (χ4v) is 3.74. The number of rotatable bonds is 4. The van der Waals surface area contributed by atoms with Crippen LogP contribution in [0.3, 0.4) is 0 Å². The molecule has 3 amide bonds. The Balaban J connectivity index is 2.03. The van der Waals surface area contributed by atoms with Crippen molar-refractivity contribution in [2.24, 2.45) is 0 Å². The SMILES string of the molecule is CC(=O)N1CCN(C(=O)CCN(C(C)=O)c2c(C)cc(C)cc2Cl)CC1. The highest BCUT2D eigenvalue weighted by Gasteiger charge is 2.24. The van der Waals surface area contributed by atoms with Gasteiger partial charge in [-0.25, -0.2) is 0 Å². The van der Waals surface area contributed by atoms with Gasteiger partial charge in [-0.1, -0.05) is 17.7 Å². The number of aryl methyl sites for hydroxylation is 2. The second-order valence-electron chi connectivity index (χ2n) is 6.72. The summed E-state index contributed by atoms with van der Waals surface area (Å²) in [5.41, 5.74) is 2.60. The van der Waals surface area contributed by atoms with Gasteiger partial charge in [0.25, 0.3) is 0 Å². The predicted octanol–water partition coefficient (Wildman–Crippen LogP) is 2.39. The van der Waals surface area contributed by atoms with E-state index in [0.29, 0.717) is 36.9 Å². The quantitative estimate of drug-likeness (QED) is 0.807. The van der Waals surface area contributed by atoms with Crippen molar-refractivity contribution in [1.82, 2.24) is 9.80 Å². The maximum atomic E-state index is 12.5. The lowest BCUT2D eigenvalue weighted by Crippen LogP contribution is -2.50. The number of nitrogens with zero attached hydrogens (tertiary/aromatic N) is 3. The van der Waals surface area contributed by atoms with E-state index in [2.05, 4.69) is 0 Å². The number of carbonyl (C=O) groups excluding carboxylic acids is 3. The van der Waals surface area contributed by atoms with E-state index in [1.165, 1.54) is 13.8 Å². The molecular formula is C19H26ClN3O3. The Kier molecular flexibility index (Phi) is 6.64. The van der Waals surface area contributed by atoms with Gasteiger partial charge in [0.1, 0.15) is 0 Å². The molecule has 0 N–H and O–H groups in total. The molecule has 0 saturated carbocycles. The molecule has 26 heavy (non-hydrogen) atoms. The third kappa shape index (κ3) is 4.75. The van der Waals surface area contributed by atoms with E-state index in [-0.39, 0.29) is 30.7 Å².